The van der Waals surface area contributed by atoms with Crippen molar-refractivity contribution in [3.05, 3.63) is 58.0 Å². The second-order valence-corrected chi connectivity index (χ2v) is 4.72. The molecule has 0 spiro atoms. The Balaban J connectivity index is 2.10. The van der Waals surface area contributed by atoms with Crippen LogP contribution in [0.3, 0.4) is 0 Å². The van der Waals surface area contributed by atoms with Crippen LogP contribution in [0.15, 0.2) is 45.5 Å². The van der Waals surface area contributed by atoms with Gasteiger partial charge in [0.2, 0.25) is 0 Å². The topological polar surface area (TPSA) is 39.2 Å². The van der Waals surface area contributed by atoms with Crippen LogP contribution in [-0.2, 0) is 6.42 Å². The van der Waals surface area contributed by atoms with Gasteiger partial charge in [-0.3, -0.25) is 0 Å². The lowest BCUT2D eigenvalue weighted by molar-refractivity contribution is 0.448. The van der Waals surface area contributed by atoms with Gasteiger partial charge in [0.15, 0.2) is 4.67 Å². The minimum absolute atomic E-state index is 0.0897. The maximum Gasteiger partial charge on any atom is 0.169 e. The molecule has 0 radical (unpaired) electrons. The molecule has 0 fully saturated rings. The Morgan fingerprint density at radius 2 is 2.12 bits per heavy atom. The second kappa shape index (κ2) is 4.85. The van der Waals surface area contributed by atoms with E-state index in [-0.39, 0.29) is 6.04 Å². The van der Waals surface area contributed by atoms with Crippen molar-refractivity contribution >= 4 is 15.9 Å². The third kappa shape index (κ3) is 2.74. The average molecular weight is 280 g/mol. The fourth-order valence-corrected chi connectivity index (χ4v) is 2.04. The highest BCUT2D eigenvalue weighted by Crippen LogP contribution is 2.21. The van der Waals surface area contributed by atoms with Gasteiger partial charge >= 0.3 is 0 Å². The first-order valence-corrected chi connectivity index (χ1v) is 6.01. The molecule has 1 aromatic heterocycles. The van der Waals surface area contributed by atoms with Crippen LogP contribution in [0.25, 0.3) is 0 Å². The fourth-order valence-electron chi connectivity index (χ4n) is 1.72. The van der Waals surface area contributed by atoms with E-state index < -0.39 is 0 Å². The molecule has 1 atom stereocenters. The molecule has 84 valence electrons. The molecule has 2 aromatic rings. The molecule has 0 aliphatic carbocycles. The number of nitrogens with two attached hydrogens (primary N) is 1. The summed E-state index contributed by atoms with van der Waals surface area (Å²) in [6, 6.07) is 12.1. The smallest absolute Gasteiger partial charge is 0.169 e. The van der Waals surface area contributed by atoms with Gasteiger partial charge in [0.05, 0.1) is 6.04 Å². The molecule has 0 aliphatic heterocycles. The molecular formula is C13H14BrNO. The lowest BCUT2D eigenvalue weighted by Gasteiger charge is -2.09. The van der Waals surface area contributed by atoms with E-state index in [9.17, 15) is 0 Å². The predicted molar refractivity (Wildman–Crippen MR) is 68.2 cm³/mol. The van der Waals surface area contributed by atoms with Crippen LogP contribution in [0.2, 0.25) is 0 Å². The lowest BCUT2D eigenvalue weighted by atomic mass is 10.0. The van der Waals surface area contributed by atoms with E-state index in [2.05, 4.69) is 47.1 Å². The lowest BCUT2D eigenvalue weighted by Crippen LogP contribution is -2.12. The summed E-state index contributed by atoms with van der Waals surface area (Å²) in [5.41, 5.74) is 8.57. The maximum atomic E-state index is 6.08. The summed E-state index contributed by atoms with van der Waals surface area (Å²) in [5.74, 6) is 0.813. The molecular weight excluding hydrogens is 266 g/mol. The third-order valence-electron chi connectivity index (χ3n) is 2.50. The molecule has 0 aliphatic rings. The van der Waals surface area contributed by atoms with Gasteiger partial charge in [-0.25, -0.2) is 0 Å². The number of hydrogen-bond donors (Lipinski definition) is 1. The van der Waals surface area contributed by atoms with Gasteiger partial charge in [0.1, 0.15) is 5.76 Å². The molecule has 1 unspecified atom stereocenters. The highest BCUT2D eigenvalue weighted by molar-refractivity contribution is 9.10. The molecule has 0 saturated carbocycles. The first kappa shape index (κ1) is 11.4. The Labute approximate surface area is 104 Å². The van der Waals surface area contributed by atoms with Gasteiger partial charge in [-0.1, -0.05) is 29.8 Å². The maximum absolute atomic E-state index is 6.08. The van der Waals surface area contributed by atoms with Crippen LogP contribution in [0.5, 0.6) is 0 Å². The van der Waals surface area contributed by atoms with E-state index in [0.29, 0.717) is 0 Å². The van der Waals surface area contributed by atoms with Crippen molar-refractivity contribution in [2.45, 2.75) is 19.4 Å². The summed E-state index contributed by atoms with van der Waals surface area (Å²) in [4.78, 5) is 0. The molecule has 0 saturated heterocycles. The van der Waals surface area contributed by atoms with Gasteiger partial charge in [0, 0.05) is 0 Å². The largest absolute Gasteiger partial charge is 0.453 e. The summed E-state index contributed by atoms with van der Waals surface area (Å²) in [5, 5.41) is 0. The van der Waals surface area contributed by atoms with Crippen molar-refractivity contribution < 1.29 is 4.42 Å². The molecule has 1 heterocycles. The highest BCUT2D eigenvalue weighted by Gasteiger charge is 2.11. The summed E-state index contributed by atoms with van der Waals surface area (Å²) < 4.78 is 6.16. The predicted octanol–water partition coefficient (Wildman–Crippen LogP) is 3.59. The van der Waals surface area contributed by atoms with Gasteiger partial charge < -0.3 is 10.2 Å². The summed E-state index contributed by atoms with van der Waals surface area (Å²) in [7, 11) is 0. The van der Waals surface area contributed by atoms with Crippen molar-refractivity contribution in [3.63, 3.8) is 0 Å². The van der Waals surface area contributed by atoms with Crippen molar-refractivity contribution in [2.75, 3.05) is 0 Å². The van der Waals surface area contributed by atoms with Crippen molar-refractivity contribution in [3.8, 4) is 0 Å². The number of hydrogen-bond acceptors (Lipinski definition) is 2. The van der Waals surface area contributed by atoms with Gasteiger partial charge in [-0.2, -0.15) is 0 Å². The molecule has 2 rings (SSSR count). The van der Waals surface area contributed by atoms with E-state index in [1.807, 2.05) is 12.1 Å². The van der Waals surface area contributed by atoms with Gasteiger partial charge in [-0.05, 0) is 47.0 Å². The van der Waals surface area contributed by atoms with Crippen LogP contribution in [0.4, 0.5) is 0 Å². The van der Waals surface area contributed by atoms with E-state index in [1.165, 1.54) is 11.1 Å². The first-order valence-electron chi connectivity index (χ1n) is 5.21. The summed E-state index contributed by atoms with van der Waals surface area (Å²) >= 11 is 3.28. The standard InChI is InChI=1S/C13H14BrNO/c1-9-3-2-4-10(7-9)8-11(15)12-5-6-13(14)16-12/h2-7,11H,8,15H2,1H3. The molecule has 2 nitrogen and oxygen atoms in total. The molecule has 0 amide bonds. The third-order valence-corrected chi connectivity index (χ3v) is 2.92. The van der Waals surface area contributed by atoms with Gasteiger partial charge in [-0.15, -0.1) is 0 Å². The Morgan fingerprint density at radius 1 is 1.31 bits per heavy atom. The number of rotatable bonds is 3. The minimum Gasteiger partial charge on any atom is -0.453 e. The number of benzene rings is 1. The Hall–Kier alpha value is -1.06. The van der Waals surface area contributed by atoms with E-state index in [1.54, 1.807) is 0 Å². The molecule has 2 N–H and O–H groups in total. The van der Waals surface area contributed by atoms with Gasteiger partial charge in [0.25, 0.3) is 0 Å². The summed E-state index contributed by atoms with van der Waals surface area (Å²) in [6.07, 6.45) is 0.793. The SMILES string of the molecule is Cc1cccc(CC(N)c2ccc(Br)o2)c1. The minimum atomic E-state index is -0.0897. The molecule has 16 heavy (non-hydrogen) atoms. The Kier molecular flexibility index (Phi) is 3.46. The second-order valence-electron chi connectivity index (χ2n) is 3.94. The quantitative estimate of drug-likeness (QED) is 0.933. The zero-order valence-corrected chi connectivity index (χ0v) is 10.7. The van der Waals surface area contributed by atoms with E-state index in [4.69, 9.17) is 10.2 Å². The Bertz CT molecular complexity index is 478. The van der Waals surface area contributed by atoms with Crippen LogP contribution >= 0.6 is 15.9 Å². The molecule has 0 bridgehead atoms. The number of furan rings is 1. The van der Waals surface area contributed by atoms with E-state index in [0.717, 1.165) is 16.9 Å². The van der Waals surface area contributed by atoms with E-state index >= 15 is 0 Å². The monoisotopic (exact) mass is 279 g/mol. The van der Waals surface area contributed by atoms with Crippen LogP contribution < -0.4 is 5.73 Å². The van der Waals surface area contributed by atoms with Crippen molar-refractivity contribution in [1.29, 1.82) is 0 Å². The normalized spacial score (nSPS) is 12.7. The van der Waals surface area contributed by atoms with Crippen LogP contribution in [-0.4, -0.2) is 0 Å². The fraction of sp³-hybridized carbons (Fsp3) is 0.231. The number of halogens is 1. The molecule has 1 aromatic carbocycles. The first-order chi connectivity index (χ1) is 7.65. The van der Waals surface area contributed by atoms with Crippen LogP contribution in [0.1, 0.15) is 22.9 Å². The Morgan fingerprint density at radius 3 is 2.75 bits per heavy atom. The van der Waals surface area contributed by atoms with Crippen LogP contribution in [0, 0.1) is 6.92 Å². The summed E-state index contributed by atoms with van der Waals surface area (Å²) in [6.45, 7) is 2.08. The number of aryl methyl sites for hydroxylation is 1. The van der Waals surface area contributed by atoms with Crippen molar-refractivity contribution in [1.82, 2.24) is 0 Å². The molecule has 3 heteroatoms. The zero-order chi connectivity index (χ0) is 11.5. The van der Waals surface area contributed by atoms with Crippen molar-refractivity contribution in [2.24, 2.45) is 5.73 Å². The highest BCUT2D eigenvalue weighted by atomic mass is 79.9. The zero-order valence-electron chi connectivity index (χ0n) is 9.11. The average Bonchev–Trinajstić information content (AvgIpc) is 2.65.